The van der Waals surface area contributed by atoms with Crippen molar-refractivity contribution < 1.29 is 0 Å². The van der Waals surface area contributed by atoms with Crippen molar-refractivity contribution in [1.82, 2.24) is 19.1 Å². The highest BCUT2D eigenvalue weighted by molar-refractivity contribution is 7.36. The molecule has 0 fully saturated rings. The fourth-order valence-corrected chi connectivity index (χ4v) is 9.80. The Morgan fingerprint density at radius 3 is 1.46 bits per heavy atom. The molecule has 6 heteroatoms. The highest BCUT2D eigenvalue weighted by Crippen LogP contribution is 2.46. The summed E-state index contributed by atoms with van der Waals surface area (Å²) in [6, 6.07) is 48.0. The molecule has 0 aliphatic heterocycles. The van der Waals surface area contributed by atoms with Gasteiger partial charge in [-0.3, -0.25) is 0 Å². The maximum Gasteiger partial charge on any atom is 0.140 e. The van der Waals surface area contributed by atoms with Crippen LogP contribution in [0.15, 0.2) is 133 Å². The number of fused-ring (bicyclic) bond motifs is 7. The van der Waals surface area contributed by atoms with E-state index in [4.69, 9.17) is 9.97 Å². The molecule has 10 aromatic rings. The third kappa shape index (κ3) is 4.20. The highest BCUT2D eigenvalue weighted by atomic mass is 32.1. The van der Waals surface area contributed by atoms with Gasteiger partial charge in [0.1, 0.15) is 11.6 Å². The zero-order valence-electron chi connectivity index (χ0n) is 26.3. The molecule has 0 unspecified atom stereocenters. The normalized spacial score (nSPS) is 12.0. The minimum absolute atomic E-state index is 0.986. The van der Waals surface area contributed by atoms with E-state index in [0.717, 1.165) is 44.8 Å². The van der Waals surface area contributed by atoms with E-state index in [9.17, 15) is 0 Å². The molecule has 4 aromatic heterocycles. The Hall–Kier alpha value is -5.56. The van der Waals surface area contributed by atoms with Gasteiger partial charge in [0.15, 0.2) is 0 Å². The third-order valence-corrected chi connectivity index (χ3v) is 12.1. The summed E-state index contributed by atoms with van der Waals surface area (Å²) in [4.78, 5) is 9.81. The molecule has 0 aliphatic rings. The fourth-order valence-electron chi connectivity index (χ4n) is 7.07. The summed E-state index contributed by atoms with van der Waals surface area (Å²) in [6.07, 6.45) is 0. The van der Waals surface area contributed by atoms with Gasteiger partial charge in [0.25, 0.3) is 0 Å². The third-order valence-electron chi connectivity index (χ3n) is 9.59. The van der Waals surface area contributed by atoms with Crippen LogP contribution in [0.2, 0.25) is 0 Å². The standard InChI is InChI=1S/C42H28N4S2/c1-45-35-12-5-3-10-33(35)43-41(45)26-16-14-25(15-17-26)28-18-20-31-37(23-28)47-40-32-21-19-29(24-38(32)48-39(31)40)27-8-7-9-30(22-27)42-44-34-11-4-6-13-36(34)46(42)2/h3-24H,1-2H3. The molecular weight excluding hydrogens is 625 g/mol. The molecule has 0 radical (unpaired) electrons. The second-order valence-corrected chi connectivity index (χ2v) is 14.5. The van der Waals surface area contributed by atoms with Crippen LogP contribution in [-0.2, 0) is 14.1 Å². The quantitative estimate of drug-likeness (QED) is 0.190. The smallest absolute Gasteiger partial charge is 0.140 e. The van der Waals surface area contributed by atoms with Crippen molar-refractivity contribution in [3.05, 3.63) is 133 Å². The fraction of sp³-hybridized carbons (Fsp3) is 0.0476. The largest absolute Gasteiger partial charge is 0.327 e. The van der Waals surface area contributed by atoms with E-state index in [-0.39, 0.29) is 0 Å². The van der Waals surface area contributed by atoms with Crippen LogP contribution in [0.1, 0.15) is 0 Å². The minimum Gasteiger partial charge on any atom is -0.327 e. The lowest BCUT2D eigenvalue weighted by molar-refractivity contribution is 0.959. The molecule has 0 atom stereocenters. The van der Waals surface area contributed by atoms with Gasteiger partial charge in [-0.05, 0) is 64.7 Å². The summed E-state index contributed by atoms with van der Waals surface area (Å²) < 4.78 is 9.75. The Balaban J connectivity index is 0.979. The van der Waals surface area contributed by atoms with Crippen LogP contribution in [-0.4, -0.2) is 19.1 Å². The van der Waals surface area contributed by atoms with Gasteiger partial charge < -0.3 is 9.13 Å². The molecule has 228 valence electrons. The molecule has 48 heavy (non-hydrogen) atoms. The van der Waals surface area contributed by atoms with Crippen LogP contribution in [0.5, 0.6) is 0 Å². The molecule has 0 spiro atoms. The van der Waals surface area contributed by atoms with Gasteiger partial charge in [0.2, 0.25) is 0 Å². The van der Waals surface area contributed by atoms with Crippen LogP contribution in [0, 0.1) is 0 Å². The predicted molar refractivity (Wildman–Crippen MR) is 205 cm³/mol. The Morgan fingerprint density at radius 1 is 0.417 bits per heavy atom. The molecule has 4 heterocycles. The summed E-state index contributed by atoms with van der Waals surface area (Å²) >= 11 is 3.80. The molecule has 0 saturated carbocycles. The van der Waals surface area contributed by atoms with E-state index in [1.54, 1.807) is 0 Å². The Morgan fingerprint density at radius 2 is 0.875 bits per heavy atom. The maximum absolute atomic E-state index is 4.93. The van der Waals surface area contributed by atoms with Gasteiger partial charge in [-0.2, -0.15) is 0 Å². The van der Waals surface area contributed by atoms with E-state index in [2.05, 4.69) is 145 Å². The molecule has 6 aromatic carbocycles. The number of aromatic nitrogens is 4. The van der Waals surface area contributed by atoms with Crippen LogP contribution in [0.25, 0.3) is 96.7 Å². The Bertz CT molecular complexity index is 2860. The lowest BCUT2D eigenvalue weighted by atomic mass is 10.0. The van der Waals surface area contributed by atoms with Gasteiger partial charge in [-0.15, -0.1) is 22.7 Å². The summed E-state index contributed by atoms with van der Waals surface area (Å²) in [7, 11) is 4.18. The number of rotatable bonds is 4. The molecule has 0 amide bonds. The lowest BCUT2D eigenvalue weighted by Crippen LogP contribution is -1.92. The number of nitrogens with zero attached hydrogens (tertiary/aromatic N) is 4. The average molecular weight is 653 g/mol. The molecular formula is C42H28N4S2. The Kier molecular flexibility index (Phi) is 6.01. The van der Waals surface area contributed by atoms with E-state index < -0.39 is 0 Å². The number of para-hydroxylation sites is 4. The molecule has 4 nitrogen and oxygen atoms in total. The van der Waals surface area contributed by atoms with Crippen molar-refractivity contribution in [2.45, 2.75) is 0 Å². The van der Waals surface area contributed by atoms with Gasteiger partial charge in [0, 0.05) is 45.4 Å². The van der Waals surface area contributed by atoms with Crippen LogP contribution >= 0.6 is 22.7 Å². The number of hydrogen-bond acceptors (Lipinski definition) is 4. The number of hydrogen-bond donors (Lipinski definition) is 0. The summed E-state index contributed by atoms with van der Waals surface area (Å²) in [5, 5.41) is 2.67. The summed E-state index contributed by atoms with van der Waals surface area (Å²) in [5.74, 6) is 1.97. The van der Waals surface area contributed by atoms with Crippen molar-refractivity contribution >= 4 is 74.3 Å². The van der Waals surface area contributed by atoms with Gasteiger partial charge in [0.05, 0.1) is 31.5 Å². The monoisotopic (exact) mass is 652 g/mol. The molecule has 0 saturated heterocycles. The number of imidazole rings is 2. The minimum atomic E-state index is 0.986. The molecule has 10 rings (SSSR count). The summed E-state index contributed by atoms with van der Waals surface area (Å²) in [5.41, 5.74) is 11.5. The number of aryl methyl sites for hydroxylation is 2. The van der Waals surface area contributed by atoms with Crippen molar-refractivity contribution in [3.8, 4) is 45.0 Å². The first-order chi connectivity index (χ1) is 23.6. The van der Waals surface area contributed by atoms with E-state index in [0.29, 0.717) is 0 Å². The first kappa shape index (κ1) is 27.5. The van der Waals surface area contributed by atoms with E-state index >= 15 is 0 Å². The highest BCUT2D eigenvalue weighted by Gasteiger charge is 2.16. The van der Waals surface area contributed by atoms with Gasteiger partial charge in [-0.1, -0.05) is 91.0 Å². The van der Waals surface area contributed by atoms with Gasteiger partial charge in [-0.25, -0.2) is 9.97 Å². The van der Waals surface area contributed by atoms with Gasteiger partial charge >= 0.3 is 0 Å². The maximum atomic E-state index is 4.93. The topological polar surface area (TPSA) is 35.6 Å². The lowest BCUT2D eigenvalue weighted by Gasteiger charge is -2.07. The summed E-state index contributed by atoms with van der Waals surface area (Å²) in [6.45, 7) is 0. The second-order valence-electron chi connectivity index (χ2n) is 12.4. The van der Waals surface area contributed by atoms with Crippen molar-refractivity contribution in [1.29, 1.82) is 0 Å². The first-order valence-corrected chi connectivity index (χ1v) is 17.7. The first-order valence-electron chi connectivity index (χ1n) is 16.0. The number of thiophene rings is 2. The van der Waals surface area contributed by atoms with Crippen molar-refractivity contribution in [3.63, 3.8) is 0 Å². The Labute approximate surface area is 284 Å². The van der Waals surface area contributed by atoms with E-state index in [1.807, 2.05) is 34.8 Å². The average Bonchev–Trinajstić information content (AvgIpc) is 3.87. The molecule has 0 bridgehead atoms. The molecule has 0 N–H and O–H groups in total. The van der Waals surface area contributed by atoms with Crippen LogP contribution in [0.4, 0.5) is 0 Å². The zero-order valence-corrected chi connectivity index (χ0v) is 27.9. The van der Waals surface area contributed by atoms with E-state index in [1.165, 1.54) is 51.8 Å². The number of benzene rings is 6. The SMILES string of the molecule is Cn1c(-c2ccc(-c3ccc4c(c3)sc3c5ccc(-c6cccc(-c7nc8ccccc8n7C)c6)cc5sc43)cc2)nc2ccccc21. The van der Waals surface area contributed by atoms with Crippen molar-refractivity contribution in [2.75, 3.05) is 0 Å². The van der Waals surface area contributed by atoms with Crippen LogP contribution < -0.4 is 0 Å². The van der Waals surface area contributed by atoms with Crippen LogP contribution in [0.3, 0.4) is 0 Å². The molecule has 0 aliphatic carbocycles. The predicted octanol–water partition coefficient (Wildman–Crippen LogP) is 11.7. The second kappa shape index (κ2) is 10.5. The van der Waals surface area contributed by atoms with Crippen molar-refractivity contribution in [2.24, 2.45) is 14.1 Å². The zero-order chi connectivity index (χ0) is 31.9.